The number of amides is 1. The molecule has 4 nitrogen and oxygen atoms in total. The van der Waals surface area contributed by atoms with Gasteiger partial charge >= 0.3 is 0 Å². The van der Waals surface area contributed by atoms with E-state index in [1.165, 1.54) is 0 Å². The zero-order valence-corrected chi connectivity index (χ0v) is 12.0. The normalized spacial score (nSPS) is 23.4. The highest BCUT2D eigenvalue weighted by Gasteiger charge is 2.30. The lowest BCUT2D eigenvalue weighted by Crippen LogP contribution is -2.51. The maximum Gasteiger partial charge on any atom is 0.256 e. The Hall–Kier alpha value is -1.26. The van der Waals surface area contributed by atoms with Crippen molar-refractivity contribution in [2.45, 2.75) is 32.4 Å². The van der Waals surface area contributed by atoms with Crippen molar-refractivity contribution < 1.29 is 9.53 Å². The molecule has 1 aromatic rings. The molecule has 1 aliphatic rings. The first-order valence-electron chi connectivity index (χ1n) is 6.50. The van der Waals surface area contributed by atoms with E-state index in [2.05, 4.69) is 6.92 Å². The monoisotopic (exact) mass is 282 g/mol. The maximum atomic E-state index is 12.6. The molecule has 1 aromatic carbocycles. The number of ether oxygens (including phenoxy) is 1. The summed E-state index contributed by atoms with van der Waals surface area (Å²) in [5.41, 5.74) is 6.82. The molecule has 0 saturated carbocycles. The molecule has 2 rings (SSSR count). The largest absolute Gasteiger partial charge is 0.398 e. The molecule has 2 atom stereocenters. The molecule has 1 amide bonds. The van der Waals surface area contributed by atoms with Gasteiger partial charge in [-0.15, -0.1) is 0 Å². The van der Waals surface area contributed by atoms with Crippen LogP contribution in [0.15, 0.2) is 18.2 Å². The summed E-state index contributed by atoms with van der Waals surface area (Å²) in [6.45, 7) is 5.20. The summed E-state index contributed by atoms with van der Waals surface area (Å²) >= 11 is 5.86. The van der Waals surface area contributed by atoms with Gasteiger partial charge in [0, 0.05) is 17.3 Å². The number of carbonyl (C=O) groups excluding carboxylic acids is 1. The van der Waals surface area contributed by atoms with Crippen molar-refractivity contribution in [1.29, 1.82) is 0 Å². The summed E-state index contributed by atoms with van der Waals surface area (Å²) in [4.78, 5) is 14.4. The molecule has 1 fully saturated rings. The number of hydrogen-bond donors (Lipinski definition) is 1. The molecule has 0 spiro atoms. The number of halogens is 1. The second-order valence-corrected chi connectivity index (χ2v) is 5.33. The number of rotatable bonds is 2. The number of benzene rings is 1. The molecule has 0 aromatic heterocycles. The Morgan fingerprint density at radius 3 is 2.95 bits per heavy atom. The van der Waals surface area contributed by atoms with Crippen LogP contribution in [0.2, 0.25) is 5.02 Å². The van der Waals surface area contributed by atoms with Crippen molar-refractivity contribution in [1.82, 2.24) is 4.90 Å². The highest BCUT2D eigenvalue weighted by molar-refractivity contribution is 6.31. The molecule has 104 valence electrons. The zero-order chi connectivity index (χ0) is 14.0. The molecule has 0 radical (unpaired) electrons. The predicted octanol–water partition coefficient (Wildman–Crippen LogP) is 2.56. The molecule has 0 aliphatic carbocycles. The van der Waals surface area contributed by atoms with Crippen LogP contribution in [0.5, 0.6) is 0 Å². The van der Waals surface area contributed by atoms with Gasteiger partial charge in [0.1, 0.15) is 0 Å². The van der Waals surface area contributed by atoms with Crippen LogP contribution in [0, 0.1) is 0 Å². The van der Waals surface area contributed by atoms with E-state index in [4.69, 9.17) is 22.1 Å². The van der Waals surface area contributed by atoms with Crippen LogP contribution in [0.3, 0.4) is 0 Å². The number of nitrogen functional groups attached to an aromatic ring is 1. The average molecular weight is 283 g/mol. The van der Waals surface area contributed by atoms with E-state index in [-0.39, 0.29) is 18.1 Å². The molecular weight excluding hydrogens is 264 g/mol. The first-order valence-corrected chi connectivity index (χ1v) is 6.88. The van der Waals surface area contributed by atoms with Gasteiger partial charge in [-0.1, -0.05) is 18.5 Å². The van der Waals surface area contributed by atoms with E-state index in [9.17, 15) is 4.79 Å². The Balaban J connectivity index is 2.25. The summed E-state index contributed by atoms with van der Waals surface area (Å²) < 4.78 is 5.60. The summed E-state index contributed by atoms with van der Waals surface area (Å²) in [5, 5.41) is 0.538. The number of nitrogens with two attached hydrogens (primary N) is 1. The molecule has 5 heteroatoms. The Bertz CT molecular complexity index is 479. The van der Waals surface area contributed by atoms with Crippen molar-refractivity contribution in [2.75, 3.05) is 18.9 Å². The average Bonchev–Trinajstić information content (AvgIpc) is 2.38. The van der Waals surface area contributed by atoms with Gasteiger partial charge in [0.25, 0.3) is 5.91 Å². The van der Waals surface area contributed by atoms with Gasteiger partial charge in [0.05, 0.1) is 24.3 Å². The van der Waals surface area contributed by atoms with Crippen LogP contribution in [0.25, 0.3) is 0 Å². The van der Waals surface area contributed by atoms with Crippen LogP contribution >= 0.6 is 11.6 Å². The SMILES string of the molecule is CCC1COC(C)CN1C(=O)c1ccc(Cl)cc1N. The van der Waals surface area contributed by atoms with E-state index in [1.807, 2.05) is 11.8 Å². The van der Waals surface area contributed by atoms with Crippen molar-refractivity contribution in [3.63, 3.8) is 0 Å². The second kappa shape index (κ2) is 5.80. The number of nitrogens with zero attached hydrogens (tertiary/aromatic N) is 1. The standard InChI is InChI=1S/C14H19ClN2O2/c1-3-11-8-19-9(2)7-17(11)14(18)12-5-4-10(15)6-13(12)16/h4-6,9,11H,3,7-8,16H2,1-2H3. The van der Waals surface area contributed by atoms with Gasteiger partial charge in [0.15, 0.2) is 0 Å². The topological polar surface area (TPSA) is 55.6 Å². The Morgan fingerprint density at radius 2 is 2.32 bits per heavy atom. The van der Waals surface area contributed by atoms with Crippen molar-refractivity contribution in [3.8, 4) is 0 Å². The minimum Gasteiger partial charge on any atom is -0.398 e. The molecule has 1 saturated heterocycles. The number of morpholine rings is 1. The molecule has 2 unspecified atom stereocenters. The van der Waals surface area contributed by atoms with Gasteiger partial charge in [0.2, 0.25) is 0 Å². The Kier molecular flexibility index (Phi) is 4.32. The first-order chi connectivity index (χ1) is 9.02. The first kappa shape index (κ1) is 14.2. The summed E-state index contributed by atoms with van der Waals surface area (Å²) in [6.07, 6.45) is 0.923. The molecule has 2 N–H and O–H groups in total. The fourth-order valence-electron chi connectivity index (χ4n) is 2.31. The van der Waals surface area contributed by atoms with Crippen molar-refractivity contribution in [3.05, 3.63) is 28.8 Å². The lowest BCUT2D eigenvalue weighted by molar-refractivity contribution is -0.0443. The van der Waals surface area contributed by atoms with Crippen molar-refractivity contribution in [2.24, 2.45) is 0 Å². The van der Waals surface area contributed by atoms with Gasteiger partial charge in [-0.3, -0.25) is 4.79 Å². The minimum absolute atomic E-state index is 0.0452. The third-order valence-corrected chi connectivity index (χ3v) is 3.68. The fraction of sp³-hybridized carbons (Fsp3) is 0.500. The molecule has 0 bridgehead atoms. The summed E-state index contributed by atoms with van der Waals surface area (Å²) in [7, 11) is 0. The highest BCUT2D eigenvalue weighted by atomic mass is 35.5. The van der Waals surface area contributed by atoms with E-state index in [1.54, 1.807) is 18.2 Å². The molecule has 1 heterocycles. The van der Waals surface area contributed by atoms with E-state index in [0.717, 1.165) is 6.42 Å². The van der Waals surface area contributed by atoms with Crippen LogP contribution in [-0.4, -0.2) is 36.1 Å². The summed E-state index contributed by atoms with van der Waals surface area (Å²) in [5.74, 6) is -0.0452. The summed E-state index contributed by atoms with van der Waals surface area (Å²) in [6, 6.07) is 5.10. The Labute approximate surface area is 118 Å². The smallest absolute Gasteiger partial charge is 0.256 e. The molecule has 19 heavy (non-hydrogen) atoms. The van der Waals surface area contributed by atoms with Gasteiger partial charge in [-0.2, -0.15) is 0 Å². The number of anilines is 1. The Morgan fingerprint density at radius 1 is 1.58 bits per heavy atom. The quantitative estimate of drug-likeness (QED) is 0.848. The van der Waals surface area contributed by atoms with Gasteiger partial charge in [-0.05, 0) is 31.5 Å². The van der Waals surface area contributed by atoms with Crippen LogP contribution < -0.4 is 5.73 Å². The third-order valence-electron chi connectivity index (χ3n) is 3.44. The fourth-order valence-corrected chi connectivity index (χ4v) is 2.49. The van der Waals surface area contributed by atoms with Gasteiger partial charge < -0.3 is 15.4 Å². The lowest BCUT2D eigenvalue weighted by Gasteiger charge is -2.38. The van der Waals surface area contributed by atoms with Crippen molar-refractivity contribution >= 4 is 23.2 Å². The lowest BCUT2D eigenvalue weighted by atomic mass is 10.1. The highest BCUT2D eigenvalue weighted by Crippen LogP contribution is 2.23. The van der Waals surface area contributed by atoms with E-state index < -0.39 is 0 Å². The zero-order valence-electron chi connectivity index (χ0n) is 11.2. The van der Waals surface area contributed by atoms with Crippen LogP contribution in [0.4, 0.5) is 5.69 Å². The van der Waals surface area contributed by atoms with Crippen LogP contribution in [0.1, 0.15) is 30.6 Å². The maximum absolute atomic E-state index is 12.6. The van der Waals surface area contributed by atoms with E-state index in [0.29, 0.717) is 29.4 Å². The predicted molar refractivity (Wildman–Crippen MR) is 76.4 cm³/mol. The number of hydrogen-bond acceptors (Lipinski definition) is 3. The number of carbonyl (C=O) groups is 1. The molecular formula is C14H19ClN2O2. The van der Waals surface area contributed by atoms with E-state index >= 15 is 0 Å². The van der Waals surface area contributed by atoms with Crippen LogP contribution in [-0.2, 0) is 4.74 Å². The van der Waals surface area contributed by atoms with Gasteiger partial charge in [-0.25, -0.2) is 0 Å². The third kappa shape index (κ3) is 3.01. The molecule has 1 aliphatic heterocycles. The second-order valence-electron chi connectivity index (χ2n) is 4.90. The minimum atomic E-state index is -0.0452.